The number of fused-ring (bicyclic) bond motifs is 3. The number of halogens is 1. The van der Waals surface area contributed by atoms with Crippen LogP contribution in [0.4, 0.5) is 0 Å². The number of aromatic nitrogens is 1. The maximum Gasteiger partial charge on any atom is 0.252 e. The Bertz CT molecular complexity index is 786. The number of nitrogens with one attached hydrogen (secondary N) is 1. The molecule has 1 aliphatic rings. The molecule has 0 atom stereocenters. The number of pyridine rings is 1. The predicted octanol–water partition coefficient (Wildman–Crippen LogP) is 2.87. The second-order valence-corrected chi connectivity index (χ2v) is 7.06. The highest BCUT2D eigenvalue weighted by Crippen LogP contribution is 2.28. The van der Waals surface area contributed by atoms with E-state index in [-0.39, 0.29) is 23.7 Å². The Kier molecular flexibility index (Phi) is 5.89. The molecule has 1 aromatic heterocycles. The van der Waals surface area contributed by atoms with Gasteiger partial charge in [0.25, 0.3) is 5.56 Å². The number of aryl methyl sites for hydroxylation is 1. The van der Waals surface area contributed by atoms with Crippen LogP contribution in [-0.2, 0) is 12.2 Å². The summed E-state index contributed by atoms with van der Waals surface area (Å²) in [6, 6.07) is 5.64. The molecular formula is C17H21ClN2O2S. The smallest absolute Gasteiger partial charge is 0.252 e. The molecule has 0 aliphatic carbocycles. The quantitative estimate of drug-likeness (QED) is 0.860. The molecule has 124 valence electrons. The predicted molar refractivity (Wildman–Crippen MR) is 99.2 cm³/mol. The Labute approximate surface area is 146 Å². The van der Waals surface area contributed by atoms with E-state index in [0.29, 0.717) is 6.42 Å². The Morgan fingerprint density at radius 2 is 2.09 bits per heavy atom. The lowest BCUT2D eigenvalue weighted by Crippen LogP contribution is -2.19. The van der Waals surface area contributed by atoms with Crippen molar-refractivity contribution in [1.82, 2.24) is 9.88 Å². The maximum absolute atomic E-state index is 12.3. The van der Waals surface area contributed by atoms with Crippen LogP contribution >= 0.6 is 24.2 Å². The van der Waals surface area contributed by atoms with Gasteiger partial charge >= 0.3 is 0 Å². The number of hydrogen-bond donors (Lipinski definition) is 1. The summed E-state index contributed by atoms with van der Waals surface area (Å²) in [5.41, 5.74) is 3.59. The van der Waals surface area contributed by atoms with E-state index in [1.54, 1.807) is 11.8 Å². The molecule has 0 amide bonds. The molecule has 0 saturated carbocycles. The van der Waals surface area contributed by atoms with Gasteiger partial charge in [-0.2, -0.15) is 11.8 Å². The minimum Gasteiger partial charge on any atom is -0.322 e. The zero-order valence-electron chi connectivity index (χ0n) is 13.3. The van der Waals surface area contributed by atoms with Crippen molar-refractivity contribution in [3.63, 3.8) is 0 Å². The van der Waals surface area contributed by atoms with Crippen molar-refractivity contribution in [3.8, 4) is 0 Å². The van der Waals surface area contributed by atoms with E-state index in [1.165, 1.54) is 0 Å². The average Bonchev–Trinajstić information content (AvgIpc) is 2.52. The van der Waals surface area contributed by atoms with Crippen molar-refractivity contribution in [2.45, 2.75) is 18.6 Å². The van der Waals surface area contributed by atoms with Crippen molar-refractivity contribution >= 4 is 40.9 Å². The van der Waals surface area contributed by atoms with Gasteiger partial charge in [-0.25, -0.2) is 0 Å². The second-order valence-electron chi connectivity index (χ2n) is 5.95. The van der Waals surface area contributed by atoms with Crippen LogP contribution in [0.2, 0.25) is 0 Å². The fraction of sp³-hybridized carbons (Fsp3) is 0.412. The molecule has 2 aromatic rings. The molecule has 3 rings (SSSR count). The number of benzene rings is 1. The van der Waals surface area contributed by atoms with Gasteiger partial charge in [-0.1, -0.05) is 0 Å². The standard InChI is InChI=1S/C17H20N2O2S.ClH/c1-19(2)7-5-16(20)11-3-4-15-13(9-11)12-6-8-22-10-14(12)17(21)18-15;/h3-4,9H,5-8,10H2,1-2H3,(H,18,21);1H. The van der Waals surface area contributed by atoms with E-state index in [4.69, 9.17) is 0 Å². The average molecular weight is 353 g/mol. The number of carbonyl (C=O) groups excluding carboxylic acids is 1. The molecule has 0 unspecified atom stereocenters. The first-order chi connectivity index (χ1) is 10.6. The lowest BCUT2D eigenvalue weighted by atomic mass is 9.98. The van der Waals surface area contributed by atoms with Crippen LogP contribution in [0.15, 0.2) is 23.0 Å². The number of carbonyl (C=O) groups is 1. The first-order valence-corrected chi connectivity index (χ1v) is 8.65. The van der Waals surface area contributed by atoms with Gasteiger partial charge < -0.3 is 9.88 Å². The molecule has 1 aromatic carbocycles. The van der Waals surface area contributed by atoms with Crippen molar-refractivity contribution in [2.24, 2.45) is 0 Å². The number of thioether (sulfide) groups is 1. The van der Waals surface area contributed by atoms with Gasteiger partial charge in [0, 0.05) is 40.7 Å². The lowest BCUT2D eigenvalue weighted by Gasteiger charge is -2.17. The molecule has 0 radical (unpaired) electrons. The summed E-state index contributed by atoms with van der Waals surface area (Å²) in [6.45, 7) is 0.747. The van der Waals surface area contributed by atoms with Gasteiger partial charge in [0.1, 0.15) is 0 Å². The van der Waals surface area contributed by atoms with E-state index < -0.39 is 0 Å². The van der Waals surface area contributed by atoms with Crippen LogP contribution in [0.25, 0.3) is 10.9 Å². The van der Waals surface area contributed by atoms with Gasteiger partial charge in [0.15, 0.2) is 5.78 Å². The normalized spacial score (nSPS) is 13.7. The van der Waals surface area contributed by atoms with Gasteiger partial charge in [0.05, 0.1) is 0 Å². The van der Waals surface area contributed by atoms with Crippen molar-refractivity contribution in [1.29, 1.82) is 0 Å². The van der Waals surface area contributed by atoms with Crippen LogP contribution in [0, 0.1) is 0 Å². The van der Waals surface area contributed by atoms with Crippen LogP contribution in [0.1, 0.15) is 27.9 Å². The maximum atomic E-state index is 12.3. The minimum absolute atomic E-state index is 0. The molecular weight excluding hydrogens is 332 g/mol. The molecule has 0 bridgehead atoms. The largest absolute Gasteiger partial charge is 0.322 e. The number of ketones is 1. The van der Waals surface area contributed by atoms with E-state index in [2.05, 4.69) is 4.98 Å². The third-order valence-electron chi connectivity index (χ3n) is 4.08. The highest BCUT2D eigenvalue weighted by atomic mass is 35.5. The van der Waals surface area contributed by atoms with Crippen LogP contribution in [0.3, 0.4) is 0 Å². The summed E-state index contributed by atoms with van der Waals surface area (Å²) in [4.78, 5) is 29.4. The first kappa shape index (κ1) is 18.0. The van der Waals surface area contributed by atoms with Crippen LogP contribution in [0.5, 0.6) is 0 Å². The van der Waals surface area contributed by atoms with E-state index in [9.17, 15) is 9.59 Å². The summed E-state index contributed by atoms with van der Waals surface area (Å²) < 4.78 is 0. The summed E-state index contributed by atoms with van der Waals surface area (Å²) in [7, 11) is 3.93. The molecule has 0 fully saturated rings. The van der Waals surface area contributed by atoms with Gasteiger partial charge in [0.2, 0.25) is 0 Å². The number of aromatic amines is 1. The van der Waals surface area contributed by atoms with Crippen LogP contribution in [-0.4, -0.2) is 42.1 Å². The van der Waals surface area contributed by atoms with E-state index in [1.807, 2.05) is 37.2 Å². The second kappa shape index (κ2) is 7.51. The van der Waals surface area contributed by atoms with Gasteiger partial charge in [-0.3, -0.25) is 9.59 Å². The number of hydrogen-bond acceptors (Lipinski definition) is 4. The number of nitrogens with zero attached hydrogens (tertiary/aromatic N) is 1. The Balaban J connectivity index is 0.00000192. The molecule has 0 saturated heterocycles. The Morgan fingerprint density at radius 3 is 2.83 bits per heavy atom. The Morgan fingerprint density at radius 1 is 1.30 bits per heavy atom. The third-order valence-corrected chi connectivity index (χ3v) is 5.07. The van der Waals surface area contributed by atoms with E-state index >= 15 is 0 Å². The van der Waals surface area contributed by atoms with Crippen molar-refractivity contribution < 1.29 is 4.79 Å². The topological polar surface area (TPSA) is 53.2 Å². The molecule has 4 nitrogen and oxygen atoms in total. The molecule has 2 heterocycles. The summed E-state index contributed by atoms with van der Waals surface area (Å²) in [5, 5.41) is 1.03. The Hall–Kier alpha value is -1.30. The molecule has 6 heteroatoms. The summed E-state index contributed by atoms with van der Waals surface area (Å²) in [5.74, 6) is 1.95. The summed E-state index contributed by atoms with van der Waals surface area (Å²) >= 11 is 1.79. The van der Waals surface area contributed by atoms with Gasteiger partial charge in [-0.05, 0) is 50.0 Å². The number of rotatable bonds is 4. The zero-order valence-corrected chi connectivity index (χ0v) is 15.0. The highest BCUT2D eigenvalue weighted by Gasteiger charge is 2.17. The first-order valence-electron chi connectivity index (χ1n) is 7.49. The fourth-order valence-corrected chi connectivity index (χ4v) is 3.83. The summed E-state index contributed by atoms with van der Waals surface area (Å²) in [6.07, 6.45) is 1.41. The highest BCUT2D eigenvalue weighted by molar-refractivity contribution is 7.98. The zero-order chi connectivity index (χ0) is 15.7. The third kappa shape index (κ3) is 3.79. The minimum atomic E-state index is 0. The molecule has 23 heavy (non-hydrogen) atoms. The molecule has 1 aliphatic heterocycles. The monoisotopic (exact) mass is 352 g/mol. The van der Waals surface area contributed by atoms with E-state index in [0.717, 1.165) is 52.1 Å². The SMILES string of the molecule is CN(C)CCC(=O)c1ccc2[nH]c(=O)c3c(c2c1)CCSC3.Cl. The van der Waals surface area contributed by atoms with Crippen molar-refractivity contribution in [3.05, 3.63) is 45.2 Å². The van der Waals surface area contributed by atoms with Crippen molar-refractivity contribution in [2.75, 3.05) is 26.4 Å². The number of H-pyrrole nitrogens is 1. The number of Topliss-reactive ketones (excluding diaryl/α,β-unsaturated/α-hetero) is 1. The molecule has 0 spiro atoms. The van der Waals surface area contributed by atoms with Crippen LogP contribution < -0.4 is 5.56 Å². The molecule has 1 N–H and O–H groups in total. The lowest BCUT2D eigenvalue weighted by molar-refractivity contribution is 0.0972. The van der Waals surface area contributed by atoms with Gasteiger partial charge in [-0.15, -0.1) is 12.4 Å². The fourth-order valence-electron chi connectivity index (χ4n) is 2.83.